The maximum atomic E-state index is 12.1. The molecule has 3 aromatic rings. The molecular weight excluding hydrogens is 371 g/mol. The summed E-state index contributed by atoms with van der Waals surface area (Å²) in [5, 5.41) is 3.90. The molecule has 0 aliphatic rings. The van der Waals surface area contributed by atoms with Crippen molar-refractivity contribution < 1.29 is 9.21 Å². The standard InChI is InChI=1S/C20H16Cl2N2O2/c1-12-10-14(23)3-7-18(12)24-20(25)9-5-15-4-8-19(26-15)16-11-13(21)2-6-17(16)22/h2-11H,23H2,1H3,(H,24,25)/b9-5+. The van der Waals surface area contributed by atoms with Gasteiger partial charge < -0.3 is 15.5 Å². The van der Waals surface area contributed by atoms with E-state index in [1.165, 1.54) is 6.08 Å². The number of nitrogens with two attached hydrogens (primary N) is 1. The Kier molecular flexibility index (Phi) is 5.35. The lowest BCUT2D eigenvalue weighted by Gasteiger charge is -2.06. The molecule has 0 aliphatic carbocycles. The quantitative estimate of drug-likeness (QED) is 0.439. The number of rotatable bonds is 4. The average Bonchev–Trinajstić information content (AvgIpc) is 3.06. The molecule has 6 heteroatoms. The molecule has 1 heterocycles. The first-order chi connectivity index (χ1) is 12.4. The zero-order chi connectivity index (χ0) is 18.7. The van der Waals surface area contributed by atoms with Gasteiger partial charge in [0, 0.05) is 28.0 Å². The fourth-order valence-corrected chi connectivity index (χ4v) is 2.82. The predicted molar refractivity (Wildman–Crippen MR) is 107 cm³/mol. The van der Waals surface area contributed by atoms with E-state index >= 15 is 0 Å². The van der Waals surface area contributed by atoms with Crippen LogP contribution in [0.5, 0.6) is 0 Å². The monoisotopic (exact) mass is 386 g/mol. The van der Waals surface area contributed by atoms with Gasteiger partial charge in [-0.05, 0) is 67.1 Å². The highest BCUT2D eigenvalue weighted by Crippen LogP contribution is 2.32. The van der Waals surface area contributed by atoms with Crippen LogP contribution in [0.1, 0.15) is 11.3 Å². The van der Waals surface area contributed by atoms with Gasteiger partial charge in [-0.15, -0.1) is 0 Å². The van der Waals surface area contributed by atoms with E-state index in [2.05, 4.69) is 5.32 Å². The van der Waals surface area contributed by atoms with E-state index in [0.29, 0.717) is 38.5 Å². The summed E-state index contributed by atoms with van der Waals surface area (Å²) in [7, 11) is 0. The van der Waals surface area contributed by atoms with Gasteiger partial charge in [-0.3, -0.25) is 4.79 Å². The van der Waals surface area contributed by atoms with E-state index in [1.807, 2.05) is 6.92 Å². The third-order valence-corrected chi connectivity index (χ3v) is 4.29. The molecule has 4 nitrogen and oxygen atoms in total. The van der Waals surface area contributed by atoms with Gasteiger partial charge in [0.25, 0.3) is 0 Å². The number of benzene rings is 2. The number of anilines is 2. The number of carbonyl (C=O) groups is 1. The van der Waals surface area contributed by atoms with Crippen molar-refractivity contribution >= 4 is 46.6 Å². The topological polar surface area (TPSA) is 68.3 Å². The first-order valence-electron chi connectivity index (χ1n) is 7.83. The molecule has 0 fully saturated rings. The van der Waals surface area contributed by atoms with Crippen molar-refractivity contribution in [2.45, 2.75) is 6.92 Å². The van der Waals surface area contributed by atoms with Gasteiger partial charge >= 0.3 is 0 Å². The van der Waals surface area contributed by atoms with Crippen LogP contribution in [0.25, 0.3) is 17.4 Å². The number of furan rings is 1. The van der Waals surface area contributed by atoms with Gasteiger partial charge in [0.2, 0.25) is 5.91 Å². The van der Waals surface area contributed by atoms with Crippen LogP contribution >= 0.6 is 23.2 Å². The molecule has 0 radical (unpaired) electrons. The Labute approximate surface area is 161 Å². The number of halogens is 2. The second-order valence-electron chi connectivity index (χ2n) is 5.72. The van der Waals surface area contributed by atoms with Crippen molar-refractivity contribution in [3.05, 3.63) is 76.0 Å². The third-order valence-electron chi connectivity index (χ3n) is 3.73. The molecule has 0 aliphatic heterocycles. The highest BCUT2D eigenvalue weighted by molar-refractivity contribution is 6.35. The van der Waals surface area contributed by atoms with Crippen molar-refractivity contribution in [3.8, 4) is 11.3 Å². The van der Waals surface area contributed by atoms with Crippen molar-refractivity contribution in [2.24, 2.45) is 0 Å². The van der Waals surface area contributed by atoms with E-state index in [1.54, 1.807) is 54.6 Å². The molecule has 132 valence electrons. The number of hydrogen-bond acceptors (Lipinski definition) is 3. The summed E-state index contributed by atoms with van der Waals surface area (Å²) in [6, 6.07) is 14.0. The number of hydrogen-bond donors (Lipinski definition) is 2. The largest absolute Gasteiger partial charge is 0.457 e. The Bertz CT molecular complexity index is 993. The SMILES string of the molecule is Cc1cc(N)ccc1NC(=O)/C=C/c1ccc(-c2cc(Cl)ccc2Cl)o1. The molecule has 3 N–H and O–H groups in total. The van der Waals surface area contributed by atoms with Crippen molar-refractivity contribution in [1.29, 1.82) is 0 Å². The summed E-state index contributed by atoms with van der Waals surface area (Å²) in [6.45, 7) is 1.88. The van der Waals surface area contributed by atoms with Gasteiger partial charge in [-0.1, -0.05) is 23.2 Å². The Morgan fingerprint density at radius 3 is 2.69 bits per heavy atom. The summed E-state index contributed by atoms with van der Waals surface area (Å²) in [4.78, 5) is 12.1. The van der Waals surface area contributed by atoms with Gasteiger partial charge in [0.15, 0.2) is 0 Å². The predicted octanol–water partition coefficient (Wildman–Crippen LogP) is 5.80. The lowest BCUT2D eigenvalue weighted by Crippen LogP contribution is -2.09. The summed E-state index contributed by atoms with van der Waals surface area (Å²) in [5.41, 5.74) is 8.65. The van der Waals surface area contributed by atoms with Crippen LogP contribution in [0.2, 0.25) is 10.0 Å². The Hall–Kier alpha value is -2.69. The van der Waals surface area contributed by atoms with Crippen LogP contribution in [0, 0.1) is 6.92 Å². The van der Waals surface area contributed by atoms with E-state index in [4.69, 9.17) is 33.4 Å². The van der Waals surface area contributed by atoms with Crippen LogP contribution in [0.3, 0.4) is 0 Å². The smallest absolute Gasteiger partial charge is 0.248 e. The molecule has 0 saturated heterocycles. The van der Waals surface area contributed by atoms with Crippen molar-refractivity contribution in [3.63, 3.8) is 0 Å². The maximum absolute atomic E-state index is 12.1. The molecule has 0 spiro atoms. The Morgan fingerprint density at radius 2 is 1.92 bits per heavy atom. The van der Waals surface area contributed by atoms with E-state index < -0.39 is 0 Å². The number of nitrogens with one attached hydrogen (secondary N) is 1. The number of amides is 1. The minimum atomic E-state index is -0.267. The lowest BCUT2D eigenvalue weighted by atomic mass is 10.2. The van der Waals surface area contributed by atoms with Gasteiger partial charge in [-0.2, -0.15) is 0 Å². The molecule has 0 saturated carbocycles. The first kappa shape index (κ1) is 18.1. The zero-order valence-electron chi connectivity index (χ0n) is 13.9. The molecule has 0 unspecified atom stereocenters. The maximum Gasteiger partial charge on any atom is 0.248 e. The number of aryl methyl sites for hydroxylation is 1. The summed E-state index contributed by atoms with van der Waals surface area (Å²) < 4.78 is 5.72. The minimum absolute atomic E-state index is 0.267. The number of nitrogen functional groups attached to an aromatic ring is 1. The van der Waals surface area contributed by atoms with Crippen LogP contribution in [-0.2, 0) is 4.79 Å². The van der Waals surface area contributed by atoms with E-state index in [0.717, 1.165) is 5.56 Å². The Morgan fingerprint density at radius 1 is 1.12 bits per heavy atom. The highest BCUT2D eigenvalue weighted by Gasteiger charge is 2.09. The van der Waals surface area contributed by atoms with Gasteiger partial charge in [-0.25, -0.2) is 0 Å². The normalized spacial score (nSPS) is 11.0. The highest BCUT2D eigenvalue weighted by atomic mass is 35.5. The van der Waals surface area contributed by atoms with Crippen LogP contribution in [0.4, 0.5) is 11.4 Å². The second-order valence-corrected chi connectivity index (χ2v) is 6.57. The van der Waals surface area contributed by atoms with Gasteiger partial charge in [0.1, 0.15) is 11.5 Å². The summed E-state index contributed by atoms with van der Waals surface area (Å²) in [6.07, 6.45) is 2.99. The minimum Gasteiger partial charge on any atom is -0.457 e. The van der Waals surface area contributed by atoms with Crippen molar-refractivity contribution in [1.82, 2.24) is 0 Å². The fraction of sp³-hybridized carbons (Fsp3) is 0.0500. The van der Waals surface area contributed by atoms with E-state index in [9.17, 15) is 4.79 Å². The van der Waals surface area contributed by atoms with Crippen LogP contribution < -0.4 is 11.1 Å². The van der Waals surface area contributed by atoms with Crippen LogP contribution in [0.15, 0.2) is 59.0 Å². The molecular formula is C20H16Cl2N2O2. The van der Waals surface area contributed by atoms with Gasteiger partial charge in [0.05, 0.1) is 5.02 Å². The first-order valence-corrected chi connectivity index (χ1v) is 8.58. The average molecular weight is 387 g/mol. The number of carbonyl (C=O) groups excluding carboxylic acids is 1. The summed E-state index contributed by atoms with van der Waals surface area (Å²) in [5.74, 6) is 0.837. The molecule has 3 rings (SSSR count). The lowest BCUT2D eigenvalue weighted by molar-refractivity contribution is -0.111. The zero-order valence-corrected chi connectivity index (χ0v) is 15.4. The second kappa shape index (κ2) is 7.68. The Balaban J connectivity index is 1.72. The van der Waals surface area contributed by atoms with Crippen molar-refractivity contribution in [2.75, 3.05) is 11.1 Å². The molecule has 26 heavy (non-hydrogen) atoms. The van der Waals surface area contributed by atoms with E-state index in [-0.39, 0.29) is 5.91 Å². The molecule has 1 amide bonds. The fourth-order valence-electron chi connectivity index (χ4n) is 2.43. The third kappa shape index (κ3) is 4.28. The molecule has 1 aromatic heterocycles. The van der Waals surface area contributed by atoms with Crippen LogP contribution in [-0.4, -0.2) is 5.91 Å². The molecule has 0 bridgehead atoms. The summed E-state index contributed by atoms with van der Waals surface area (Å²) >= 11 is 12.2. The molecule has 2 aromatic carbocycles. The molecule has 0 atom stereocenters.